The zero-order chi connectivity index (χ0) is 28.6. The van der Waals surface area contributed by atoms with E-state index in [2.05, 4.69) is 25.3 Å². The lowest BCUT2D eigenvalue weighted by Gasteiger charge is -2.42. The van der Waals surface area contributed by atoms with E-state index in [1.165, 1.54) is 16.8 Å². The van der Waals surface area contributed by atoms with Crippen molar-refractivity contribution in [3.05, 3.63) is 60.6 Å². The molecule has 40 heavy (non-hydrogen) atoms. The highest BCUT2D eigenvalue weighted by molar-refractivity contribution is 7.90. The first-order valence-corrected chi connectivity index (χ1v) is 14.6. The van der Waals surface area contributed by atoms with Gasteiger partial charge in [-0.2, -0.15) is 9.61 Å². The smallest absolute Gasteiger partial charge is 0.229 e. The Morgan fingerprint density at radius 3 is 2.62 bits per heavy atom. The van der Waals surface area contributed by atoms with E-state index in [-0.39, 0.29) is 41.7 Å². The predicted molar refractivity (Wildman–Crippen MR) is 146 cm³/mol. The highest BCUT2D eigenvalue weighted by Gasteiger charge is 2.34. The summed E-state index contributed by atoms with van der Waals surface area (Å²) in [6, 6.07) is 6.22. The minimum Gasteiger partial charge on any atom is -0.508 e. The molecule has 11 nitrogen and oxygen atoms in total. The molecule has 212 valence electrons. The molecule has 0 radical (unpaired) electrons. The van der Waals surface area contributed by atoms with Gasteiger partial charge >= 0.3 is 0 Å². The van der Waals surface area contributed by atoms with Crippen molar-refractivity contribution in [3.63, 3.8) is 0 Å². The van der Waals surface area contributed by atoms with Gasteiger partial charge < -0.3 is 25.8 Å². The molecule has 1 aliphatic rings. The highest BCUT2D eigenvalue weighted by atomic mass is 32.2. The number of hydrogen-bond acceptors (Lipinski definition) is 10. The first kappa shape index (κ1) is 27.7. The summed E-state index contributed by atoms with van der Waals surface area (Å²) in [5.41, 5.74) is 8.10. The number of nitrogens with two attached hydrogens (primary N) is 1. The van der Waals surface area contributed by atoms with Crippen LogP contribution in [0.5, 0.6) is 5.75 Å². The van der Waals surface area contributed by atoms with E-state index in [4.69, 9.17) is 10.5 Å². The number of piperidine rings is 1. The number of nitrogens with zero attached hydrogens (tertiary/aromatic N) is 5. The van der Waals surface area contributed by atoms with Gasteiger partial charge in [-0.1, -0.05) is 6.92 Å². The van der Waals surface area contributed by atoms with Crippen LogP contribution in [0.3, 0.4) is 0 Å². The number of pyridine rings is 1. The van der Waals surface area contributed by atoms with Gasteiger partial charge in [-0.15, -0.1) is 0 Å². The van der Waals surface area contributed by atoms with Crippen molar-refractivity contribution in [1.82, 2.24) is 19.6 Å². The summed E-state index contributed by atoms with van der Waals surface area (Å²) in [5.74, 6) is -2.17. The van der Waals surface area contributed by atoms with E-state index in [0.29, 0.717) is 30.2 Å². The number of halogens is 2. The zero-order valence-corrected chi connectivity index (χ0v) is 22.6. The second-order valence-electron chi connectivity index (χ2n) is 9.95. The summed E-state index contributed by atoms with van der Waals surface area (Å²) < 4.78 is 59.2. The molecular formula is C26H29F2N7O4S. The maximum Gasteiger partial charge on any atom is 0.229 e. The summed E-state index contributed by atoms with van der Waals surface area (Å²) in [6.07, 6.45) is 5.72. The fraction of sp³-hybridized carbons (Fsp3) is 0.346. The van der Waals surface area contributed by atoms with Crippen LogP contribution in [0.4, 0.5) is 26.1 Å². The normalized spacial score (nSPS) is 19.7. The number of benzene rings is 1. The highest BCUT2D eigenvalue weighted by Crippen LogP contribution is 2.33. The van der Waals surface area contributed by atoms with Gasteiger partial charge in [-0.3, -0.25) is 4.98 Å². The fourth-order valence-corrected chi connectivity index (χ4v) is 5.31. The van der Waals surface area contributed by atoms with Crippen LogP contribution in [0.15, 0.2) is 48.9 Å². The summed E-state index contributed by atoms with van der Waals surface area (Å²) in [5, 5.41) is 17.1. The van der Waals surface area contributed by atoms with Crippen LogP contribution in [-0.4, -0.2) is 77.0 Å². The number of sulfone groups is 1. The molecule has 0 saturated carbocycles. The van der Waals surface area contributed by atoms with Crippen molar-refractivity contribution in [2.24, 2.45) is 11.7 Å². The number of rotatable bonds is 8. The summed E-state index contributed by atoms with van der Waals surface area (Å²) in [6.45, 7) is 3.14. The van der Waals surface area contributed by atoms with Crippen LogP contribution in [0.1, 0.15) is 6.92 Å². The van der Waals surface area contributed by atoms with Gasteiger partial charge in [0.1, 0.15) is 27.2 Å². The molecule has 14 heteroatoms. The number of fused-ring (bicyclic) bond motifs is 1. The summed E-state index contributed by atoms with van der Waals surface area (Å²) >= 11 is 0. The van der Waals surface area contributed by atoms with E-state index < -0.39 is 27.2 Å². The van der Waals surface area contributed by atoms with Crippen LogP contribution in [-0.2, 0) is 14.6 Å². The van der Waals surface area contributed by atoms with Gasteiger partial charge in [0.2, 0.25) is 5.95 Å². The lowest BCUT2D eigenvalue weighted by Crippen LogP contribution is -2.57. The molecule has 1 saturated heterocycles. The third-order valence-corrected chi connectivity index (χ3v) is 7.65. The Kier molecular flexibility index (Phi) is 7.57. The summed E-state index contributed by atoms with van der Waals surface area (Å²) in [7, 11) is -3.14. The molecule has 3 atom stereocenters. The Bertz CT molecular complexity index is 1610. The quantitative estimate of drug-likeness (QED) is 0.287. The van der Waals surface area contributed by atoms with Crippen LogP contribution >= 0.6 is 0 Å². The lowest BCUT2D eigenvalue weighted by molar-refractivity contribution is 0.00183. The Morgan fingerprint density at radius 2 is 1.93 bits per heavy atom. The van der Waals surface area contributed by atoms with Crippen molar-refractivity contribution < 1.29 is 27.0 Å². The summed E-state index contributed by atoms with van der Waals surface area (Å²) in [4.78, 5) is 10.7. The molecule has 1 aliphatic heterocycles. The number of aromatic hydroxyl groups is 1. The van der Waals surface area contributed by atoms with Gasteiger partial charge in [0.05, 0.1) is 59.0 Å². The van der Waals surface area contributed by atoms with E-state index in [1.54, 1.807) is 24.7 Å². The first-order chi connectivity index (χ1) is 19.0. The number of imidazole rings is 1. The zero-order valence-electron chi connectivity index (χ0n) is 21.8. The second-order valence-corrected chi connectivity index (χ2v) is 12.2. The van der Waals surface area contributed by atoms with Crippen molar-refractivity contribution >= 4 is 32.7 Å². The number of aromatic nitrogens is 4. The van der Waals surface area contributed by atoms with Crippen molar-refractivity contribution in [2.75, 3.05) is 41.9 Å². The Hall–Kier alpha value is -3.88. The molecule has 1 aromatic carbocycles. The average molecular weight is 574 g/mol. The average Bonchev–Trinajstić information content (AvgIpc) is 3.26. The Labute approximate surface area is 229 Å². The maximum atomic E-state index is 14.5. The monoisotopic (exact) mass is 573 g/mol. The third-order valence-electron chi connectivity index (χ3n) is 6.74. The van der Waals surface area contributed by atoms with Crippen LogP contribution in [0, 0.1) is 17.6 Å². The molecule has 4 aromatic rings. The number of anilines is 3. The molecule has 4 heterocycles. The number of hydrogen-bond donors (Lipinski definition) is 3. The van der Waals surface area contributed by atoms with Crippen molar-refractivity contribution in [1.29, 1.82) is 0 Å². The number of phenols is 1. The van der Waals surface area contributed by atoms with Gasteiger partial charge in [-0.25, -0.2) is 22.2 Å². The minimum atomic E-state index is -3.14. The van der Waals surface area contributed by atoms with Gasteiger partial charge in [-0.05, 0) is 18.2 Å². The molecular weight excluding hydrogens is 544 g/mol. The standard InChI is InChI=1S/C26H29F2N7O4S/c1-15-13-34(14-20(29)25(15)39-7-8-40(2,37)38)23-5-6-30-12-22(23)32-26-31-11-16-3-4-21(33-35(16)26)24-18(27)9-17(36)10-19(24)28/h3-6,9-12,15,20,25,36H,7-8,13-14,29H2,1-2H3,(H,31,32). The van der Waals surface area contributed by atoms with Crippen LogP contribution < -0.4 is 16.0 Å². The van der Waals surface area contributed by atoms with Crippen molar-refractivity contribution in [2.45, 2.75) is 19.1 Å². The second kappa shape index (κ2) is 10.9. The van der Waals surface area contributed by atoms with E-state index in [9.17, 15) is 22.3 Å². The molecule has 5 rings (SSSR count). The van der Waals surface area contributed by atoms with E-state index >= 15 is 0 Å². The van der Waals surface area contributed by atoms with E-state index in [0.717, 1.165) is 17.8 Å². The predicted octanol–water partition coefficient (Wildman–Crippen LogP) is 2.73. The Morgan fingerprint density at radius 1 is 1.18 bits per heavy atom. The van der Waals surface area contributed by atoms with Gasteiger partial charge in [0.15, 0.2) is 0 Å². The molecule has 1 fully saturated rings. The van der Waals surface area contributed by atoms with Crippen LogP contribution in [0.25, 0.3) is 16.8 Å². The number of nitrogens with one attached hydrogen (secondary N) is 1. The molecule has 0 bridgehead atoms. The number of ether oxygens (including phenoxy) is 1. The Balaban J connectivity index is 1.39. The molecule has 0 amide bonds. The first-order valence-electron chi connectivity index (χ1n) is 12.5. The maximum absolute atomic E-state index is 14.5. The van der Waals surface area contributed by atoms with E-state index in [1.807, 2.05) is 13.0 Å². The largest absolute Gasteiger partial charge is 0.508 e. The molecule has 3 unspecified atom stereocenters. The number of phenolic OH excluding ortho intramolecular Hbond substituents is 1. The minimum absolute atomic E-state index is 0.0101. The van der Waals surface area contributed by atoms with Crippen LogP contribution in [0.2, 0.25) is 0 Å². The SMILES string of the molecule is CC1CN(c2ccncc2Nc2ncc3ccc(-c4c(F)cc(O)cc4F)nn23)CC(N)C1OCCS(C)(=O)=O. The molecule has 3 aromatic heterocycles. The fourth-order valence-electron chi connectivity index (χ4n) is 4.91. The molecule has 4 N–H and O–H groups in total. The van der Waals surface area contributed by atoms with Crippen molar-refractivity contribution in [3.8, 4) is 17.0 Å². The lowest BCUT2D eigenvalue weighted by atomic mass is 9.92. The van der Waals surface area contributed by atoms with Gasteiger partial charge in [0, 0.05) is 49.6 Å². The van der Waals surface area contributed by atoms with Gasteiger partial charge in [0.25, 0.3) is 0 Å². The molecule has 0 aliphatic carbocycles. The topological polar surface area (TPSA) is 148 Å². The third kappa shape index (κ3) is 5.83. The molecule has 0 spiro atoms.